The van der Waals surface area contributed by atoms with Gasteiger partial charge in [0.05, 0.1) is 12.7 Å². The lowest BCUT2D eigenvalue weighted by Crippen LogP contribution is -2.51. The highest BCUT2D eigenvalue weighted by molar-refractivity contribution is 7.09. The van der Waals surface area contributed by atoms with Crippen LogP contribution in [0.1, 0.15) is 24.6 Å². The van der Waals surface area contributed by atoms with Crippen LogP contribution in [0.3, 0.4) is 0 Å². The molecule has 0 aromatic carbocycles. The average Bonchev–Trinajstić information content (AvgIpc) is 3.21. The van der Waals surface area contributed by atoms with Crippen molar-refractivity contribution in [1.82, 2.24) is 15.5 Å². The molecule has 2 N–H and O–H groups in total. The Hall–Kier alpha value is -1.11. The number of amides is 2. The predicted molar refractivity (Wildman–Crippen MR) is 92.9 cm³/mol. The van der Waals surface area contributed by atoms with Crippen LogP contribution in [0.15, 0.2) is 17.5 Å². The second-order valence-electron chi connectivity index (χ2n) is 6.73. The largest absolute Gasteiger partial charge is 0.373 e. The second-order valence-corrected chi connectivity index (χ2v) is 7.76. The molecule has 5 nitrogen and oxygen atoms in total. The van der Waals surface area contributed by atoms with Gasteiger partial charge in [-0.2, -0.15) is 0 Å². The van der Waals surface area contributed by atoms with Gasteiger partial charge in [-0.05, 0) is 43.2 Å². The molecular weight excluding hydrogens is 310 g/mol. The van der Waals surface area contributed by atoms with Crippen molar-refractivity contribution in [3.8, 4) is 0 Å². The number of fused-ring (bicyclic) bond motifs is 1. The van der Waals surface area contributed by atoms with E-state index in [4.69, 9.17) is 4.74 Å². The molecule has 0 saturated carbocycles. The standard InChI is InChI=1S/C17H27N3O2S/c1-13(8-16-5-3-7-23-16)9-18-17(21)19-10-15-11-20-6-2-4-14(20)12-22-15/h3,5,7,13-15H,2,4,6,8-12H2,1H3,(H2,18,19,21)/t13-,14-,15-/m0/s1. The summed E-state index contributed by atoms with van der Waals surface area (Å²) in [5, 5.41) is 8.01. The topological polar surface area (TPSA) is 53.6 Å². The number of ether oxygens (including phenoxy) is 1. The summed E-state index contributed by atoms with van der Waals surface area (Å²) in [6, 6.07) is 4.74. The third-order valence-electron chi connectivity index (χ3n) is 4.69. The highest BCUT2D eigenvalue weighted by atomic mass is 32.1. The number of thiophene rings is 1. The van der Waals surface area contributed by atoms with E-state index in [0.717, 1.165) is 19.6 Å². The molecule has 1 aromatic rings. The molecule has 6 heteroatoms. The van der Waals surface area contributed by atoms with Crippen LogP contribution < -0.4 is 10.6 Å². The SMILES string of the molecule is C[C@H](CNC(=O)NC[C@H]1CN2CCC[C@H]2CO1)Cc1cccs1. The Kier molecular flexibility index (Phi) is 5.91. The van der Waals surface area contributed by atoms with Gasteiger partial charge in [-0.15, -0.1) is 11.3 Å². The summed E-state index contributed by atoms with van der Waals surface area (Å²) >= 11 is 1.77. The Bertz CT molecular complexity index is 494. The highest BCUT2D eigenvalue weighted by Crippen LogP contribution is 2.22. The molecule has 2 fully saturated rings. The molecule has 0 bridgehead atoms. The van der Waals surface area contributed by atoms with Crippen LogP contribution in [0.2, 0.25) is 0 Å². The highest BCUT2D eigenvalue weighted by Gasteiger charge is 2.32. The minimum absolute atomic E-state index is 0.0878. The first-order valence-electron chi connectivity index (χ1n) is 8.60. The second kappa shape index (κ2) is 8.13. The van der Waals surface area contributed by atoms with Crippen LogP contribution in [0.4, 0.5) is 4.79 Å². The summed E-state index contributed by atoms with van der Waals surface area (Å²) in [7, 11) is 0. The molecule has 1 aromatic heterocycles. The summed E-state index contributed by atoms with van der Waals surface area (Å²) in [5.41, 5.74) is 0. The molecule has 2 aliphatic heterocycles. The minimum Gasteiger partial charge on any atom is -0.373 e. The molecule has 3 heterocycles. The van der Waals surface area contributed by atoms with Gasteiger partial charge in [0, 0.05) is 30.6 Å². The van der Waals surface area contributed by atoms with Gasteiger partial charge in [-0.1, -0.05) is 13.0 Å². The first-order valence-corrected chi connectivity index (χ1v) is 9.48. The number of carbonyl (C=O) groups is 1. The maximum absolute atomic E-state index is 11.9. The number of carbonyl (C=O) groups excluding carboxylic acids is 1. The zero-order valence-electron chi connectivity index (χ0n) is 13.8. The molecule has 128 valence electrons. The van der Waals surface area contributed by atoms with E-state index in [2.05, 4.69) is 40.0 Å². The normalized spacial score (nSPS) is 25.8. The number of nitrogens with one attached hydrogen (secondary N) is 2. The van der Waals surface area contributed by atoms with Gasteiger partial charge in [0.1, 0.15) is 0 Å². The lowest BCUT2D eigenvalue weighted by atomic mass is 10.1. The van der Waals surface area contributed by atoms with E-state index in [1.165, 1.54) is 24.3 Å². The number of hydrogen-bond acceptors (Lipinski definition) is 4. The average molecular weight is 337 g/mol. The summed E-state index contributed by atoms with van der Waals surface area (Å²) in [6.07, 6.45) is 3.66. The molecule has 2 aliphatic rings. The van der Waals surface area contributed by atoms with Crippen molar-refractivity contribution in [2.45, 2.75) is 38.3 Å². The van der Waals surface area contributed by atoms with Crippen LogP contribution in [-0.2, 0) is 11.2 Å². The van der Waals surface area contributed by atoms with Crippen LogP contribution in [-0.4, -0.2) is 55.9 Å². The van der Waals surface area contributed by atoms with E-state index in [9.17, 15) is 4.79 Å². The molecule has 0 aliphatic carbocycles. The smallest absolute Gasteiger partial charge is 0.314 e. The zero-order valence-corrected chi connectivity index (χ0v) is 14.6. The van der Waals surface area contributed by atoms with E-state index in [0.29, 0.717) is 25.0 Å². The Morgan fingerprint density at radius 3 is 3.26 bits per heavy atom. The number of urea groups is 1. The number of hydrogen-bond donors (Lipinski definition) is 2. The van der Waals surface area contributed by atoms with Gasteiger partial charge >= 0.3 is 6.03 Å². The van der Waals surface area contributed by atoms with Gasteiger partial charge in [0.2, 0.25) is 0 Å². The Labute approximate surface area is 142 Å². The van der Waals surface area contributed by atoms with Crippen LogP contribution in [0, 0.1) is 5.92 Å². The van der Waals surface area contributed by atoms with Gasteiger partial charge in [-0.25, -0.2) is 4.79 Å². The van der Waals surface area contributed by atoms with Crippen molar-refractivity contribution < 1.29 is 9.53 Å². The minimum atomic E-state index is -0.0878. The fourth-order valence-corrected chi connectivity index (χ4v) is 4.26. The predicted octanol–water partition coefficient (Wildman–Crippen LogP) is 2.09. The molecule has 0 radical (unpaired) electrons. The summed E-state index contributed by atoms with van der Waals surface area (Å²) < 4.78 is 5.86. The molecule has 2 amide bonds. The molecule has 3 rings (SSSR count). The third-order valence-corrected chi connectivity index (χ3v) is 5.59. The van der Waals surface area contributed by atoms with Crippen molar-refractivity contribution in [2.75, 3.05) is 32.8 Å². The molecule has 23 heavy (non-hydrogen) atoms. The van der Waals surface area contributed by atoms with Crippen molar-refractivity contribution in [3.05, 3.63) is 22.4 Å². The van der Waals surface area contributed by atoms with Gasteiger partial charge < -0.3 is 15.4 Å². The molecular formula is C17H27N3O2S. The summed E-state index contributed by atoms with van der Waals surface area (Å²) in [4.78, 5) is 15.8. The fraction of sp³-hybridized carbons (Fsp3) is 0.706. The maximum atomic E-state index is 11.9. The van der Waals surface area contributed by atoms with Crippen molar-refractivity contribution in [1.29, 1.82) is 0 Å². The van der Waals surface area contributed by atoms with E-state index in [1.807, 2.05) is 0 Å². The van der Waals surface area contributed by atoms with Crippen LogP contribution in [0.5, 0.6) is 0 Å². The third kappa shape index (κ3) is 4.93. The van der Waals surface area contributed by atoms with E-state index in [1.54, 1.807) is 11.3 Å². The number of nitrogens with zero attached hydrogens (tertiary/aromatic N) is 1. The molecule has 2 saturated heterocycles. The summed E-state index contributed by atoms with van der Waals surface area (Å²) in [6.45, 7) is 6.39. The molecule has 3 atom stereocenters. The Balaban J connectivity index is 1.30. The van der Waals surface area contributed by atoms with Crippen molar-refractivity contribution in [3.63, 3.8) is 0 Å². The summed E-state index contributed by atoms with van der Waals surface area (Å²) in [5.74, 6) is 0.440. The van der Waals surface area contributed by atoms with Crippen molar-refractivity contribution >= 4 is 17.4 Å². The fourth-order valence-electron chi connectivity index (χ4n) is 3.39. The van der Waals surface area contributed by atoms with E-state index >= 15 is 0 Å². The Morgan fingerprint density at radius 1 is 1.52 bits per heavy atom. The van der Waals surface area contributed by atoms with Gasteiger partial charge in [-0.3, -0.25) is 4.90 Å². The molecule has 0 spiro atoms. The first-order chi connectivity index (χ1) is 11.2. The monoisotopic (exact) mass is 337 g/mol. The van der Waals surface area contributed by atoms with Gasteiger partial charge in [0.25, 0.3) is 0 Å². The van der Waals surface area contributed by atoms with Crippen molar-refractivity contribution in [2.24, 2.45) is 5.92 Å². The number of rotatable bonds is 6. The lowest BCUT2D eigenvalue weighted by Gasteiger charge is -2.35. The van der Waals surface area contributed by atoms with E-state index < -0.39 is 0 Å². The molecule has 0 unspecified atom stereocenters. The van der Waals surface area contributed by atoms with Crippen LogP contribution >= 0.6 is 11.3 Å². The van der Waals surface area contributed by atoms with Crippen LogP contribution in [0.25, 0.3) is 0 Å². The quantitative estimate of drug-likeness (QED) is 0.836. The Morgan fingerprint density at radius 2 is 2.43 bits per heavy atom. The number of morpholine rings is 1. The maximum Gasteiger partial charge on any atom is 0.314 e. The van der Waals surface area contributed by atoms with E-state index in [-0.39, 0.29) is 12.1 Å². The van der Waals surface area contributed by atoms with Gasteiger partial charge in [0.15, 0.2) is 0 Å². The lowest BCUT2D eigenvalue weighted by molar-refractivity contribution is -0.0457. The zero-order chi connectivity index (χ0) is 16.1. The first kappa shape index (κ1) is 16.7.